The van der Waals surface area contributed by atoms with Gasteiger partial charge in [0.15, 0.2) is 0 Å². The minimum absolute atomic E-state index is 0.345. The highest BCUT2D eigenvalue weighted by Crippen LogP contribution is 2.26. The van der Waals surface area contributed by atoms with Crippen LogP contribution in [-0.4, -0.2) is 5.11 Å². The quantitative estimate of drug-likeness (QED) is 0.647. The molecule has 1 rings (SSSR count). The van der Waals surface area contributed by atoms with Crippen molar-refractivity contribution in [2.24, 2.45) is 5.73 Å². The summed E-state index contributed by atoms with van der Waals surface area (Å²) in [4.78, 5) is 0. The van der Waals surface area contributed by atoms with E-state index in [1.165, 1.54) is 24.8 Å². The van der Waals surface area contributed by atoms with Crippen LogP contribution >= 0.6 is 22.6 Å². The summed E-state index contributed by atoms with van der Waals surface area (Å²) in [7, 11) is 0. The first-order chi connectivity index (χ1) is 7.19. The van der Waals surface area contributed by atoms with E-state index in [2.05, 4.69) is 29.5 Å². The largest absolute Gasteiger partial charge is 0.507 e. The van der Waals surface area contributed by atoms with Crippen LogP contribution in [-0.2, 0) is 13.0 Å². The lowest BCUT2D eigenvalue weighted by Crippen LogP contribution is -1.99. The van der Waals surface area contributed by atoms with Crippen molar-refractivity contribution in [1.29, 1.82) is 0 Å². The van der Waals surface area contributed by atoms with Crippen LogP contribution in [0.25, 0.3) is 0 Å². The van der Waals surface area contributed by atoms with Gasteiger partial charge in [-0.05, 0) is 47.1 Å². The summed E-state index contributed by atoms with van der Waals surface area (Å²) in [6, 6.07) is 4.07. The van der Waals surface area contributed by atoms with Gasteiger partial charge in [-0.2, -0.15) is 0 Å². The van der Waals surface area contributed by atoms with Crippen LogP contribution in [0.3, 0.4) is 0 Å². The highest BCUT2D eigenvalue weighted by Gasteiger charge is 2.06. The molecule has 15 heavy (non-hydrogen) atoms. The van der Waals surface area contributed by atoms with Gasteiger partial charge in [-0.15, -0.1) is 0 Å². The molecule has 84 valence electrons. The molecule has 2 nitrogen and oxygen atoms in total. The van der Waals surface area contributed by atoms with Crippen LogP contribution in [0.4, 0.5) is 0 Å². The summed E-state index contributed by atoms with van der Waals surface area (Å²) in [5.41, 5.74) is 7.72. The predicted octanol–water partition coefficient (Wildman–Crippen LogP) is 3.19. The number of halogens is 1. The van der Waals surface area contributed by atoms with E-state index in [-0.39, 0.29) is 0 Å². The van der Waals surface area contributed by atoms with Gasteiger partial charge in [-0.25, -0.2) is 0 Å². The lowest BCUT2D eigenvalue weighted by atomic mass is 10.0. The smallest absolute Gasteiger partial charge is 0.133 e. The zero-order valence-electron chi connectivity index (χ0n) is 9.09. The second kappa shape index (κ2) is 6.33. The normalized spacial score (nSPS) is 10.6. The lowest BCUT2D eigenvalue weighted by molar-refractivity contribution is 0.464. The van der Waals surface area contributed by atoms with Crippen LogP contribution < -0.4 is 5.73 Å². The fraction of sp³-hybridized carbons (Fsp3) is 0.500. The Kier molecular flexibility index (Phi) is 5.39. The molecule has 0 atom stereocenters. The fourth-order valence-electron chi connectivity index (χ4n) is 1.60. The molecule has 0 fully saturated rings. The van der Waals surface area contributed by atoms with Crippen molar-refractivity contribution in [3.63, 3.8) is 0 Å². The van der Waals surface area contributed by atoms with Gasteiger partial charge in [0.2, 0.25) is 0 Å². The number of nitrogens with two attached hydrogens (primary N) is 1. The van der Waals surface area contributed by atoms with E-state index in [0.29, 0.717) is 12.3 Å². The molecule has 3 heteroatoms. The number of benzene rings is 1. The molecule has 1 aromatic rings. The number of aromatic hydroxyl groups is 1. The van der Waals surface area contributed by atoms with Gasteiger partial charge in [-0.1, -0.05) is 25.8 Å². The molecule has 1 aromatic carbocycles. The van der Waals surface area contributed by atoms with Crippen LogP contribution in [0.2, 0.25) is 0 Å². The monoisotopic (exact) mass is 319 g/mol. The number of aryl methyl sites for hydroxylation is 1. The lowest BCUT2D eigenvalue weighted by Gasteiger charge is -2.08. The van der Waals surface area contributed by atoms with Crippen LogP contribution in [0.5, 0.6) is 5.75 Å². The number of phenolic OH excluding ortho intramolecular Hbond substituents is 1. The summed E-state index contributed by atoms with van der Waals surface area (Å²) < 4.78 is 0.905. The minimum Gasteiger partial charge on any atom is -0.507 e. The molecule has 0 aliphatic heterocycles. The molecule has 0 spiro atoms. The zero-order valence-corrected chi connectivity index (χ0v) is 11.3. The van der Waals surface area contributed by atoms with Gasteiger partial charge >= 0.3 is 0 Å². The highest BCUT2D eigenvalue weighted by molar-refractivity contribution is 14.1. The molecule has 0 unspecified atom stereocenters. The van der Waals surface area contributed by atoms with E-state index < -0.39 is 0 Å². The van der Waals surface area contributed by atoms with E-state index in [0.717, 1.165) is 15.6 Å². The third kappa shape index (κ3) is 3.65. The third-order valence-electron chi connectivity index (χ3n) is 2.49. The summed E-state index contributed by atoms with van der Waals surface area (Å²) in [6.45, 7) is 2.61. The Bertz CT molecular complexity index is 326. The first-order valence-corrected chi connectivity index (χ1v) is 6.47. The standard InChI is InChI=1S/C12H18INO/c1-2-3-4-5-9-6-10(8-14)12(15)11(13)7-9/h6-7,15H,2-5,8,14H2,1H3. The van der Waals surface area contributed by atoms with Crippen molar-refractivity contribution in [1.82, 2.24) is 0 Å². The molecule has 0 saturated heterocycles. The fourth-order valence-corrected chi connectivity index (χ4v) is 2.34. The van der Waals surface area contributed by atoms with Crippen molar-refractivity contribution in [2.45, 2.75) is 39.2 Å². The van der Waals surface area contributed by atoms with Crippen LogP contribution in [0.1, 0.15) is 37.3 Å². The average Bonchev–Trinajstić information content (AvgIpc) is 2.23. The number of phenols is 1. The maximum Gasteiger partial charge on any atom is 0.133 e. The SMILES string of the molecule is CCCCCc1cc(I)c(O)c(CN)c1. The number of unbranched alkanes of at least 4 members (excludes halogenated alkanes) is 2. The molecular weight excluding hydrogens is 301 g/mol. The summed E-state index contributed by atoms with van der Waals surface area (Å²) in [6.07, 6.45) is 4.78. The molecule has 0 radical (unpaired) electrons. The second-order valence-electron chi connectivity index (χ2n) is 3.75. The molecule has 0 aliphatic carbocycles. The number of hydrogen-bond acceptors (Lipinski definition) is 2. The Morgan fingerprint density at radius 2 is 2.07 bits per heavy atom. The van der Waals surface area contributed by atoms with E-state index in [1.807, 2.05) is 12.1 Å². The Morgan fingerprint density at radius 1 is 1.33 bits per heavy atom. The van der Waals surface area contributed by atoms with Gasteiger partial charge in [0.05, 0.1) is 3.57 Å². The predicted molar refractivity (Wildman–Crippen MR) is 71.9 cm³/mol. The average molecular weight is 319 g/mol. The molecule has 0 aliphatic rings. The molecule has 0 bridgehead atoms. The third-order valence-corrected chi connectivity index (χ3v) is 3.31. The summed E-state index contributed by atoms with van der Waals surface area (Å²) in [5.74, 6) is 0.345. The van der Waals surface area contributed by atoms with E-state index >= 15 is 0 Å². The van der Waals surface area contributed by atoms with Gasteiger partial charge < -0.3 is 10.8 Å². The Labute approximate surface area is 105 Å². The topological polar surface area (TPSA) is 46.2 Å². The second-order valence-corrected chi connectivity index (χ2v) is 4.91. The van der Waals surface area contributed by atoms with Gasteiger partial charge in [0.1, 0.15) is 5.75 Å². The molecule has 0 saturated carbocycles. The Morgan fingerprint density at radius 3 is 2.67 bits per heavy atom. The molecule has 0 amide bonds. The molecular formula is C12H18INO. The molecule has 0 aromatic heterocycles. The van der Waals surface area contributed by atoms with E-state index in [1.54, 1.807) is 0 Å². The summed E-state index contributed by atoms with van der Waals surface area (Å²) in [5, 5.41) is 9.71. The Balaban J connectivity index is 2.77. The maximum atomic E-state index is 9.71. The Hall–Kier alpha value is -0.290. The van der Waals surface area contributed by atoms with Crippen molar-refractivity contribution in [3.05, 3.63) is 26.8 Å². The molecule has 0 heterocycles. The van der Waals surface area contributed by atoms with Gasteiger partial charge in [0, 0.05) is 12.1 Å². The minimum atomic E-state index is 0.345. The first kappa shape index (κ1) is 12.8. The zero-order chi connectivity index (χ0) is 11.3. The highest BCUT2D eigenvalue weighted by atomic mass is 127. The van der Waals surface area contributed by atoms with Crippen molar-refractivity contribution < 1.29 is 5.11 Å². The maximum absolute atomic E-state index is 9.71. The number of hydrogen-bond donors (Lipinski definition) is 2. The van der Waals surface area contributed by atoms with Crippen LogP contribution in [0.15, 0.2) is 12.1 Å². The van der Waals surface area contributed by atoms with Crippen molar-refractivity contribution >= 4 is 22.6 Å². The van der Waals surface area contributed by atoms with Crippen LogP contribution in [0, 0.1) is 3.57 Å². The number of rotatable bonds is 5. The van der Waals surface area contributed by atoms with Gasteiger partial charge in [-0.3, -0.25) is 0 Å². The van der Waals surface area contributed by atoms with E-state index in [4.69, 9.17) is 5.73 Å². The first-order valence-electron chi connectivity index (χ1n) is 5.39. The van der Waals surface area contributed by atoms with Crippen molar-refractivity contribution in [3.8, 4) is 5.75 Å². The molecule has 3 N–H and O–H groups in total. The summed E-state index contributed by atoms with van der Waals surface area (Å²) >= 11 is 2.15. The van der Waals surface area contributed by atoms with Crippen molar-refractivity contribution in [2.75, 3.05) is 0 Å². The van der Waals surface area contributed by atoms with Gasteiger partial charge in [0.25, 0.3) is 0 Å². The van der Waals surface area contributed by atoms with E-state index in [9.17, 15) is 5.11 Å².